The highest BCUT2D eigenvalue weighted by Crippen LogP contribution is 2.25. The quantitative estimate of drug-likeness (QED) is 0.783. The van der Waals surface area contributed by atoms with Crippen molar-refractivity contribution in [1.82, 2.24) is 5.32 Å². The Labute approximate surface area is 130 Å². The molecule has 2 aliphatic heterocycles. The van der Waals surface area contributed by atoms with Crippen molar-refractivity contribution in [2.45, 2.75) is 38.1 Å². The molecule has 2 amide bonds. The van der Waals surface area contributed by atoms with E-state index in [1.807, 2.05) is 18.2 Å². The molecule has 2 heterocycles. The van der Waals surface area contributed by atoms with E-state index in [0.29, 0.717) is 6.42 Å². The maximum Gasteiger partial charge on any atom is 0.241 e. The van der Waals surface area contributed by atoms with Gasteiger partial charge >= 0.3 is 0 Å². The first-order valence-electron chi connectivity index (χ1n) is 7.19. The van der Waals surface area contributed by atoms with Crippen LogP contribution in [-0.4, -0.2) is 24.4 Å². The van der Waals surface area contributed by atoms with Crippen LogP contribution in [0.4, 0.5) is 11.4 Å². The topological polar surface area (TPSA) is 70.2 Å². The van der Waals surface area contributed by atoms with Crippen molar-refractivity contribution < 1.29 is 9.59 Å². The molecular formula is C15H20ClN3O2. The number of aryl methyl sites for hydroxylation is 1. The summed E-state index contributed by atoms with van der Waals surface area (Å²) in [7, 11) is 0. The summed E-state index contributed by atoms with van der Waals surface area (Å²) in [5.41, 5.74) is 2.74. The number of rotatable bonds is 2. The van der Waals surface area contributed by atoms with Crippen molar-refractivity contribution >= 4 is 35.6 Å². The fraction of sp³-hybridized carbons (Fsp3) is 0.467. The van der Waals surface area contributed by atoms with E-state index in [9.17, 15) is 9.59 Å². The van der Waals surface area contributed by atoms with Gasteiger partial charge in [-0.25, -0.2) is 0 Å². The minimum absolute atomic E-state index is 0. The second-order valence-corrected chi connectivity index (χ2v) is 5.41. The van der Waals surface area contributed by atoms with Crippen LogP contribution in [0.15, 0.2) is 18.2 Å². The Balaban J connectivity index is 0.00000161. The molecule has 2 aliphatic rings. The van der Waals surface area contributed by atoms with Crippen LogP contribution < -0.4 is 16.0 Å². The monoisotopic (exact) mass is 309 g/mol. The van der Waals surface area contributed by atoms with Crippen molar-refractivity contribution in [3.05, 3.63) is 23.8 Å². The SMILES string of the molecule is Cl.O=C1CCc2cc(NC(=O)[C@H]3CCCCN3)ccc2N1. The van der Waals surface area contributed by atoms with E-state index in [1.165, 1.54) is 0 Å². The highest BCUT2D eigenvalue weighted by Gasteiger charge is 2.21. The number of benzene rings is 1. The second-order valence-electron chi connectivity index (χ2n) is 5.41. The van der Waals surface area contributed by atoms with Crippen LogP contribution in [-0.2, 0) is 16.0 Å². The molecule has 3 N–H and O–H groups in total. The number of halogens is 1. The summed E-state index contributed by atoms with van der Waals surface area (Å²) in [5, 5.41) is 9.04. The molecule has 1 saturated heterocycles. The zero-order valence-corrected chi connectivity index (χ0v) is 12.6. The van der Waals surface area contributed by atoms with Crippen LogP contribution >= 0.6 is 12.4 Å². The first kappa shape index (κ1) is 15.8. The molecule has 0 radical (unpaired) electrons. The van der Waals surface area contributed by atoms with Crippen LogP contribution in [0, 0.1) is 0 Å². The molecule has 0 saturated carbocycles. The van der Waals surface area contributed by atoms with Gasteiger partial charge in [-0.1, -0.05) is 6.42 Å². The summed E-state index contributed by atoms with van der Waals surface area (Å²) < 4.78 is 0. The average molecular weight is 310 g/mol. The van der Waals surface area contributed by atoms with Gasteiger partial charge in [0.25, 0.3) is 0 Å². The molecule has 3 rings (SSSR count). The van der Waals surface area contributed by atoms with Gasteiger partial charge in [-0.2, -0.15) is 0 Å². The van der Waals surface area contributed by atoms with Crippen LogP contribution in [0.1, 0.15) is 31.2 Å². The third kappa shape index (κ3) is 3.74. The van der Waals surface area contributed by atoms with E-state index in [-0.39, 0.29) is 30.3 Å². The van der Waals surface area contributed by atoms with Crippen molar-refractivity contribution in [2.24, 2.45) is 0 Å². The minimum Gasteiger partial charge on any atom is -0.326 e. The third-order valence-corrected chi connectivity index (χ3v) is 3.90. The molecule has 21 heavy (non-hydrogen) atoms. The van der Waals surface area contributed by atoms with Crippen molar-refractivity contribution in [3.8, 4) is 0 Å². The predicted molar refractivity (Wildman–Crippen MR) is 84.9 cm³/mol. The van der Waals surface area contributed by atoms with Gasteiger partial charge in [-0.15, -0.1) is 12.4 Å². The largest absolute Gasteiger partial charge is 0.326 e. The summed E-state index contributed by atoms with van der Waals surface area (Å²) in [6.07, 6.45) is 4.37. The molecule has 1 aromatic rings. The first-order chi connectivity index (χ1) is 9.72. The second kappa shape index (κ2) is 6.91. The third-order valence-electron chi connectivity index (χ3n) is 3.90. The molecule has 0 aliphatic carbocycles. The van der Waals surface area contributed by atoms with Crippen LogP contribution in [0.5, 0.6) is 0 Å². The lowest BCUT2D eigenvalue weighted by Crippen LogP contribution is -2.43. The van der Waals surface area contributed by atoms with Gasteiger partial charge in [0.15, 0.2) is 0 Å². The summed E-state index contributed by atoms with van der Waals surface area (Å²) in [6, 6.07) is 5.57. The van der Waals surface area contributed by atoms with E-state index in [0.717, 1.165) is 49.2 Å². The molecular weight excluding hydrogens is 290 g/mol. The molecule has 0 aromatic heterocycles. The molecule has 0 spiro atoms. The number of amides is 2. The van der Waals surface area contributed by atoms with E-state index in [2.05, 4.69) is 16.0 Å². The Morgan fingerprint density at radius 2 is 2.10 bits per heavy atom. The van der Waals surface area contributed by atoms with Crippen molar-refractivity contribution in [1.29, 1.82) is 0 Å². The summed E-state index contributed by atoms with van der Waals surface area (Å²) >= 11 is 0. The number of hydrogen-bond acceptors (Lipinski definition) is 3. The van der Waals surface area contributed by atoms with Gasteiger partial charge < -0.3 is 16.0 Å². The fourth-order valence-corrected chi connectivity index (χ4v) is 2.77. The summed E-state index contributed by atoms with van der Waals surface area (Å²) in [5.74, 6) is 0.0881. The number of fused-ring (bicyclic) bond motifs is 1. The molecule has 0 bridgehead atoms. The maximum absolute atomic E-state index is 12.1. The number of hydrogen-bond donors (Lipinski definition) is 3. The van der Waals surface area contributed by atoms with Gasteiger partial charge in [-0.3, -0.25) is 9.59 Å². The van der Waals surface area contributed by atoms with E-state index >= 15 is 0 Å². The molecule has 0 unspecified atom stereocenters. The highest BCUT2D eigenvalue weighted by molar-refractivity contribution is 5.97. The maximum atomic E-state index is 12.1. The molecule has 6 heteroatoms. The van der Waals surface area contributed by atoms with E-state index in [4.69, 9.17) is 0 Å². The van der Waals surface area contributed by atoms with Gasteiger partial charge in [0.05, 0.1) is 6.04 Å². The normalized spacial score (nSPS) is 20.8. The van der Waals surface area contributed by atoms with Gasteiger partial charge in [0, 0.05) is 17.8 Å². The highest BCUT2D eigenvalue weighted by atomic mass is 35.5. The fourth-order valence-electron chi connectivity index (χ4n) is 2.77. The average Bonchev–Trinajstić information content (AvgIpc) is 2.48. The lowest BCUT2D eigenvalue weighted by Gasteiger charge is -2.23. The lowest BCUT2D eigenvalue weighted by molar-refractivity contribution is -0.118. The number of nitrogens with one attached hydrogen (secondary N) is 3. The molecule has 5 nitrogen and oxygen atoms in total. The molecule has 114 valence electrons. The molecule has 1 fully saturated rings. The van der Waals surface area contributed by atoms with Gasteiger partial charge in [-0.05, 0) is 49.6 Å². The number of anilines is 2. The summed E-state index contributed by atoms with van der Waals surface area (Å²) in [6.45, 7) is 0.911. The van der Waals surface area contributed by atoms with Crippen LogP contribution in [0.2, 0.25) is 0 Å². The van der Waals surface area contributed by atoms with Gasteiger partial charge in [0.2, 0.25) is 11.8 Å². The Hall–Kier alpha value is -1.59. The Morgan fingerprint density at radius 1 is 1.24 bits per heavy atom. The molecule has 1 aromatic carbocycles. The first-order valence-corrected chi connectivity index (χ1v) is 7.19. The van der Waals surface area contributed by atoms with Crippen molar-refractivity contribution in [3.63, 3.8) is 0 Å². The standard InChI is InChI=1S/C15H19N3O2.ClH/c19-14-7-4-10-9-11(5-6-12(10)18-14)17-15(20)13-3-1-2-8-16-13;/h5-6,9,13,16H,1-4,7-8H2,(H,17,20)(H,18,19);1H/t13-;/m1./s1. The zero-order chi connectivity index (χ0) is 13.9. The summed E-state index contributed by atoms with van der Waals surface area (Å²) in [4.78, 5) is 23.5. The zero-order valence-electron chi connectivity index (χ0n) is 11.8. The Kier molecular flexibility index (Phi) is 5.20. The van der Waals surface area contributed by atoms with E-state index in [1.54, 1.807) is 0 Å². The number of carbonyl (C=O) groups is 2. The predicted octanol–water partition coefficient (Wildman–Crippen LogP) is 2.07. The Morgan fingerprint density at radius 3 is 2.86 bits per heavy atom. The number of piperidine rings is 1. The number of carbonyl (C=O) groups excluding carboxylic acids is 2. The minimum atomic E-state index is -0.0838. The van der Waals surface area contributed by atoms with E-state index < -0.39 is 0 Å². The van der Waals surface area contributed by atoms with Crippen LogP contribution in [0.3, 0.4) is 0 Å². The van der Waals surface area contributed by atoms with Crippen molar-refractivity contribution in [2.75, 3.05) is 17.2 Å². The van der Waals surface area contributed by atoms with Crippen LogP contribution in [0.25, 0.3) is 0 Å². The van der Waals surface area contributed by atoms with Gasteiger partial charge in [0.1, 0.15) is 0 Å². The molecule has 1 atom stereocenters. The Bertz CT molecular complexity index is 542. The smallest absolute Gasteiger partial charge is 0.241 e. The lowest BCUT2D eigenvalue weighted by atomic mass is 10.0.